The maximum atomic E-state index is 11.8. The summed E-state index contributed by atoms with van der Waals surface area (Å²) in [4.78, 5) is 24.8. The van der Waals surface area contributed by atoms with Crippen molar-refractivity contribution in [3.63, 3.8) is 0 Å². The van der Waals surface area contributed by atoms with E-state index >= 15 is 0 Å². The molecule has 0 spiro atoms. The fraction of sp³-hybridized carbons (Fsp3) is 0.571. The van der Waals surface area contributed by atoms with Crippen LogP contribution in [0.3, 0.4) is 0 Å². The predicted octanol–water partition coefficient (Wildman–Crippen LogP) is 3.36. The molecule has 2 atom stereocenters. The minimum absolute atomic E-state index is 0.0831. The standard InChI is InChI=1S/C14H18N2O4S/c17-12(15-10-4-7-21-8-10)20-9-14-5-1-2-11(3-6-14)16(14)13(18)19/h4,7-8,11H,1-3,5-6,9H2,(H,15,17)(H,18,19). The fourth-order valence-electron chi connectivity index (χ4n) is 3.52. The molecule has 2 N–H and O–H groups in total. The number of carbonyl (C=O) groups excluding carboxylic acids is 1. The van der Waals surface area contributed by atoms with E-state index in [2.05, 4.69) is 5.32 Å². The Labute approximate surface area is 126 Å². The van der Waals surface area contributed by atoms with Gasteiger partial charge in [0.1, 0.15) is 6.61 Å². The van der Waals surface area contributed by atoms with E-state index in [1.165, 1.54) is 16.2 Å². The number of anilines is 1. The molecule has 21 heavy (non-hydrogen) atoms. The number of ether oxygens (including phenoxy) is 1. The van der Waals surface area contributed by atoms with E-state index in [-0.39, 0.29) is 12.6 Å². The highest BCUT2D eigenvalue weighted by atomic mass is 32.1. The predicted molar refractivity (Wildman–Crippen MR) is 78.8 cm³/mol. The van der Waals surface area contributed by atoms with Crippen LogP contribution in [0.15, 0.2) is 16.8 Å². The minimum atomic E-state index is -0.904. The third-order valence-corrected chi connectivity index (χ3v) is 5.13. The first-order chi connectivity index (χ1) is 10.1. The van der Waals surface area contributed by atoms with Gasteiger partial charge in [-0.15, -0.1) is 0 Å². The average Bonchev–Trinajstić information content (AvgIpc) is 3.02. The quantitative estimate of drug-likeness (QED) is 0.897. The summed E-state index contributed by atoms with van der Waals surface area (Å²) in [6.45, 7) is 0.131. The van der Waals surface area contributed by atoms with Gasteiger partial charge >= 0.3 is 12.2 Å². The van der Waals surface area contributed by atoms with Crippen LogP contribution in [0.4, 0.5) is 15.3 Å². The molecule has 2 bridgehead atoms. The first kappa shape index (κ1) is 14.2. The highest BCUT2D eigenvalue weighted by Gasteiger charge is 2.52. The SMILES string of the molecule is O=C(Nc1ccsc1)OCC12CCCC(CC1)N2C(=O)O. The lowest BCUT2D eigenvalue weighted by atomic mass is 9.89. The lowest BCUT2D eigenvalue weighted by molar-refractivity contribution is 0.0110. The second kappa shape index (κ2) is 5.55. The summed E-state index contributed by atoms with van der Waals surface area (Å²) < 4.78 is 5.31. The fourth-order valence-corrected chi connectivity index (χ4v) is 4.11. The molecule has 1 aromatic rings. The Hall–Kier alpha value is -1.76. The van der Waals surface area contributed by atoms with Crippen molar-refractivity contribution >= 4 is 29.2 Å². The summed E-state index contributed by atoms with van der Waals surface area (Å²) in [5.41, 5.74) is 0.173. The van der Waals surface area contributed by atoms with Crippen LogP contribution in [0.5, 0.6) is 0 Å². The van der Waals surface area contributed by atoms with Crippen LogP contribution in [-0.2, 0) is 4.74 Å². The van der Waals surface area contributed by atoms with Gasteiger partial charge in [-0.25, -0.2) is 9.59 Å². The van der Waals surface area contributed by atoms with Crippen molar-refractivity contribution in [2.45, 2.75) is 43.7 Å². The van der Waals surface area contributed by atoms with Crippen LogP contribution in [0.1, 0.15) is 32.1 Å². The Balaban J connectivity index is 1.63. The Kier molecular flexibility index (Phi) is 3.75. The molecule has 2 fully saturated rings. The number of hydrogen-bond acceptors (Lipinski definition) is 4. The molecular formula is C14H18N2O4S. The van der Waals surface area contributed by atoms with Gasteiger partial charge in [0.2, 0.25) is 0 Å². The molecular weight excluding hydrogens is 292 g/mol. The zero-order valence-corrected chi connectivity index (χ0v) is 12.4. The molecule has 7 heteroatoms. The van der Waals surface area contributed by atoms with Crippen molar-refractivity contribution in [3.8, 4) is 0 Å². The highest BCUT2D eigenvalue weighted by Crippen LogP contribution is 2.44. The molecule has 0 radical (unpaired) electrons. The van der Waals surface area contributed by atoms with Gasteiger partial charge in [-0.2, -0.15) is 11.3 Å². The van der Waals surface area contributed by atoms with Crippen LogP contribution in [0.2, 0.25) is 0 Å². The molecule has 2 unspecified atom stereocenters. The average molecular weight is 310 g/mol. The summed E-state index contributed by atoms with van der Waals surface area (Å²) in [6, 6.07) is 1.87. The van der Waals surface area contributed by atoms with Crippen LogP contribution in [0, 0.1) is 0 Å². The molecule has 6 nitrogen and oxygen atoms in total. The van der Waals surface area contributed by atoms with Crippen molar-refractivity contribution < 1.29 is 19.4 Å². The molecule has 2 aliphatic rings. The van der Waals surface area contributed by atoms with E-state index in [9.17, 15) is 14.7 Å². The van der Waals surface area contributed by atoms with Crippen molar-refractivity contribution in [1.82, 2.24) is 4.90 Å². The lowest BCUT2D eigenvalue weighted by Gasteiger charge is -2.42. The van der Waals surface area contributed by atoms with E-state index in [4.69, 9.17) is 4.74 Å². The molecule has 0 aliphatic carbocycles. The molecule has 3 heterocycles. The number of nitrogens with zero attached hydrogens (tertiary/aromatic N) is 1. The molecule has 1 aromatic heterocycles. The number of carbonyl (C=O) groups is 2. The third-order valence-electron chi connectivity index (χ3n) is 4.44. The van der Waals surface area contributed by atoms with Gasteiger partial charge in [0.05, 0.1) is 11.2 Å². The van der Waals surface area contributed by atoms with Crippen molar-refractivity contribution in [1.29, 1.82) is 0 Å². The van der Waals surface area contributed by atoms with Gasteiger partial charge in [-0.05, 0) is 43.6 Å². The van der Waals surface area contributed by atoms with Gasteiger partial charge in [0.25, 0.3) is 0 Å². The summed E-state index contributed by atoms with van der Waals surface area (Å²) >= 11 is 1.49. The van der Waals surface area contributed by atoms with Gasteiger partial charge in [0.15, 0.2) is 0 Å². The summed E-state index contributed by atoms with van der Waals surface area (Å²) in [5, 5.41) is 15.8. The topological polar surface area (TPSA) is 78.9 Å². The molecule has 0 aromatic carbocycles. The van der Waals surface area contributed by atoms with Crippen LogP contribution >= 0.6 is 11.3 Å². The zero-order chi connectivity index (χ0) is 14.9. The lowest BCUT2D eigenvalue weighted by Crippen LogP contribution is -2.55. The Bertz CT molecular complexity index is 529. The van der Waals surface area contributed by atoms with Gasteiger partial charge in [-0.1, -0.05) is 0 Å². The maximum Gasteiger partial charge on any atom is 0.411 e. The van der Waals surface area contributed by atoms with E-state index < -0.39 is 17.7 Å². The van der Waals surface area contributed by atoms with Gasteiger partial charge < -0.3 is 9.84 Å². The Morgan fingerprint density at radius 3 is 3.05 bits per heavy atom. The largest absolute Gasteiger partial charge is 0.465 e. The number of carboxylic acid groups (broad SMARTS) is 1. The third kappa shape index (κ3) is 2.70. The first-order valence-electron chi connectivity index (χ1n) is 7.09. The normalized spacial score (nSPS) is 27.4. The maximum absolute atomic E-state index is 11.8. The Morgan fingerprint density at radius 1 is 1.48 bits per heavy atom. The monoisotopic (exact) mass is 310 g/mol. The molecule has 2 saturated heterocycles. The molecule has 114 valence electrons. The summed E-state index contributed by atoms with van der Waals surface area (Å²) in [5.74, 6) is 0. The van der Waals surface area contributed by atoms with E-state index in [0.29, 0.717) is 5.69 Å². The summed E-state index contributed by atoms with van der Waals surface area (Å²) in [7, 11) is 0. The second-order valence-corrected chi connectivity index (χ2v) is 6.45. The van der Waals surface area contributed by atoms with Crippen LogP contribution in [-0.4, -0.2) is 40.4 Å². The molecule has 3 rings (SSSR count). The number of fused-ring (bicyclic) bond motifs is 2. The van der Waals surface area contributed by atoms with Crippen LogP contribution in [0.25, 0.3) is 0 Å². The second-order valence-electron chi connectivity index (χ2n) is 5.67. The van der Waals surface area contributed by atoms with Gasteiger partial charge in [-0.3, -0.25) is 10.2 Å². The van der Waals surface area contributed by atoms with Crippen molar-refractivity contribution in [2.24, 2.45) is 0 Å². The van der Waals surface area contributed by atoms with E-state index in [0.717, 1.165) is 32.1 Å². The number of nitrogens with one attached hydrogen (secondary N) is 1. The highest BCUT2D eigenvalue weighted by molar-refractivity contribution is 7.08. The van der Waals surface area contributed by atoms with Crippen molar-refractivity contribution in [3.05, 3.63) is 16.8 Å². The smallest absolute Gasteiger partial charge is 0.411 e. The zero-order valence-electron chi connectivity index (χ0n) is 11.6. The van der Waals surface area contributed by atoms with Crippen LogP contribution < -0.4 is 5.32 Å². The van der Waals surface area contributed by atoms with E-state index in [1.54, 1.807) is 6.07 Å². The number of thiophene rings is 1. The minimum Gasteiger partial charge on any atom is -0.465 e. The molecule has 0 saturated carbocycles. The molecule has 2 amide bonds. The number of hydrogen-bond donors (Lipinski definition) is 2. The number of amides is 2. The molecule has 2 aliphatic heterocycles. The number of rotatable bonds is 3. The van der Waals surface area contributed by atoms with Gasteiger partial charge in [0, 0.05) is 11.4 Å². The summed E-state index contributed by atoms with van der Waals surface area (Å²) in [6.07, 6.45) is 2.87. The van der Waals surface area contributed by atoms with E-state index in [1.807, 2.05) is 10.8 Å². The van der Waals surface area contributed by atoms with Crippen molar-refractivity contribution in [2.75, 3.05) is 11.9 Å². The Morgan fingerprint density at radius 2 is 2.33 bits per heavy atom. The number of piperidine rings is 1. The first-order valence-corrected chi connectivity index (χ1v) is 8.03.